The fraction of sp³-hybridized carbons (Fsp3) is 0.700. The minimum Gasteiger partial charge on any atom is -0.468 e. The van der Waals surface area contributed by atoms with E-state index in [4.69, 9.17) is 6.42 Å². The number of methoxy groups -OCH3 is 1. The third-order valence-electron chi connectivity index (χ3n) is 2.12. The largest absolute Gasteiger partial charge is 0.468 e. The Kier molecular flexibility index (Phi) is 6.18. The fourth-order valence-electron chi connectivity index (χ4n) is 1.19. The number of ether oxygens (including phenoxy) is 1. The Morgan fingerprint density at radius 3 is 2.39 bits per heavy atom. The van der Waals surface area contributed by atoms with Gasteiger partial charge in [-0.2, -0.15) is 13.2 Å². The Morgan fingerprint density at radius 2 is 2.00 bits per heavy atom. The van der Waals surface area contributed by atoms with Crippen molar-refractivity contribution in [3.8, 4) is 12.3 Å². The summed E-state index contributed by atoms with van der Waals surface area (Å²) >= 11 is 0. The molecule has 0 amide bonds. The molecule has 104 valence electrons. The monoisotopic (exact) mass is 286 g/mol. The van der Waals surface area contributed by atoms with E-state index in [1.807, 2.05) is 0 Å². The van der Waals surface area contributed by atoms with Crippen LogP contribution < -0.4 is 0 Å². The lowest BCUT2D eigenvalue weighted by molar-refractivity contribution is -0.140. The second-order valence-corrected chi connectivity index (χ2v) is 5.79. The highest BCUT2D eigenvalue weighted by Crippen LogP contribution is 2.22. The first-order chi connectivity index (χ1) is 8.14. The predicted molar refractivity (Wildman–Crippen MR) is 58.3 cm³/mol. The maximum absolute atomic E-state index is 12.0. The molecule has 18 heavy (non-hydrogen) atoms. The van der Waals surface area contributed by atoms with Crippen molar-refractivity contribution in [1.82, 2.24) is 0 Å². The number of alkyl halides is 3. The number of sulfone groups is 1. The zero-order valence-corrected chi connectivity index (χ0v) is 10.5. The standard InChI is InChI=1S/C10H13F3O4S/c1-3-4-5-8(9(14)17-2)18(15,16)7-6-10(11,12)13/h1,8H,4-7H2,2H3. The molecule has 4 nitrogen and oxygen atoms in total. The summed E-state index contributed by atoms with van der Waals surface area (Å²) in [5.74, 6) is -0.115. The normalized spacial score (nSPS) is 13.7. The molecule has 0 aromatic carbocycles. The van der Waals surface area contributed by atoms with E-state index in [1.165, 1.54) is 0 Å². The highest BCUT2D eigenvalue weighted by Gasteiger charge is 2.37. The third kappa shape index (κ3) is 5.91. The Morgan fingerprint density at radius 1 is 1.44 bits per heavy atom. The fourth-order valence-corrected chi connectivity index (χ4v) is 2.86. The summed E-state index contributed by atoms with van der Waals surface area (Å²) in [7, 11) is -3.27. The van der Waals surface area contributed by atoms with Crippen LogP contribution in [0.3, 0.4) is 0 Å². The first-order valence-electron chi connectivity index (χ1n) is 4.93. The van der Waals surface area contributed by atoms with Gasteiger partial charge in [-0.1, -0.05) is 0 Å². The van der Waals surface area contributed by atoms with Gasteiger partial charge in [-0.25, -0.2) is 8.42 Å². The Labute approximate surface area is 103 Å². The SMILES string of the molecule is C#CCCC(C(=O)OC)S(=O)(=O)CCC(F)(F)F. The van der Waals surface area contributed by atoms with Crippen LogP contribution in [0.1, 0.15) is 19.3 Å². The lowest BCUT2D eigenvalue weighted by Gasteiger charge is -2.15. The molecule has 0 aliphatic carbocycles. The van der Waals surface area contributed by atoms with Crippen molar-refractivity contribution in [3.63, 3.8) is 0 Å². The lowest BCUT2D eigenvalue weighted by Crippen LogP contribution is -2.34. The van der Waals surface area contributed by atoms with Gasteiger partial charge in [-0.05, 0) is 6.42 Å². The minimum absolute atomic E-state index is 0.0367. The number of esters is 1. The zero-order valence-electron chi connectivity index (χ0n) is 9.66. The number of rotatable bonds is 6. The molecule has 0 bridgehead atoms. The van der Waals surface area contributed by atoms with Crippen LogP contribution in [0.5, 0.6) is 0 Å². The minimum atomic E-state index is -4.60. The van der Waals surface area contributed by atoms with Gasteiger partial charge in [0.1, 0.15) is 0 Å². The molecule has 0 aromatic rings. The molecule has 0 spiro atoms. The van der Waals surface area contributed by atoms with Gasteiger partial charge in [0.05, 0.1) is 19.3 Å². The molecule has 0 saturated heterocycles. The second kappa shape index (κ2) is 6.64. The molecular formula is C10H13F3O4S. The molecule has 0 N–H and O–H groups in total. The predicted octanol–water partition coefficient (Wildman–Crippen LogP) is 1.31. The van der Waals surface area contributed by atoms with Gasteiger partial charge >= 0.3 is 12.1 Å². The van der Waals surface area contributed by atoms with Gasteiger partial charge in [-0.3, -0.25) is 4.79 Å². The molecule has 0 heterocycles. The lowest BCUT2D eigenvalue weighted by atomic mass is 10.2. The van der Waals surface area contributed by atoms with Crippen molar-refractivity contribution in [2.45, 2.75) is 30.7 Å². The molecule has 0 radical (unpaired) electrons. The van der Waals surface area contributed by atoms with Crippen molar-refractivity contribution in [1.29, 1.82) is 0 Å². The van der Waals surface area contributed by atoms with Gasteiger partial charge in [0.2, 0.25) is 0 Å². The molecular weight excluding hydrogens is 273 g/mol. The van der Waals surface area contributed by atoms with E-state index in [2.05, 4.69) is 10.7 Å². The number of hydrogen-bond donors (Lipinski definition) is 0. The van der Waals surface area contributed by atoms with E-state index in [0.717, 1.165) is 7.11 Å². The summed E-state index contributed by atoms with van der Waals surface area (Å²) in [6.45, 7) is 0. The van der Waals surface area contributed by atoms with E-state index in [-0.39, 0.29) is 12.8 Å². The average molecular weight is 286 g/mol. The van der Waals surface area contributed by atoms with Crippen molar-refractivity contribution < 1.29 is 31.1 Å². The van der Waals surface area contributed by atoms with Gasteiger partial charge in [0, 0.05) is 6.42 Å². The summed E-state index contributed by atoms with van der Waals surface area (Å²) < 4.78 is 63.4. The highest BCUT2D eigenvalue weighted by atomic mass is 32.2. The first kappa shape index (κ1) is 16.8. The van der Waals surface area contributed by atoms with Crippen molar-refractivity contribution in [2.24, 2.45) is 0 Å². The molecule has 0 fully saturated rings. The summed E-state index contributed by atoms with van der Waals surface area (Å²) in [5.41, 5.74) is 0. The highest BCUT2D eigenvalue weighted by molar-refractivity contribution is 7.92. The average Bonchev–Trinajstić information content (AvgIpc) is 2.25. The smallest absolute Gasteiger partial charge is 0.390 e. The molecule has 1 atom stereocenters. The third-order valence-corrected chi connectivity index (χ3v) is 4.19. The number of hydrogen-bond acceptors (Lipinski definition) is 4. The second-order valence-electron chi connectivity index (χ2n) is 3.49. The van der Waals surface area contributed by atoms with Crippen molar-refractivity contribution in [2.75, 3.05) is 12.9 Å². The van der Waals surface area contributed by atoms with Gasteiger partial charge in [-0.15, -0.1) is 12.3 Å². The van der Waals surface area contributed by atoms with Crippen LogP contribution >= 0.6 is 0 Å². The summed E-state index contributed by atoms with van der Waals surface area (Å²) in [6, 6.07) is 0. The molecule has 1 unspecified atom stereocenters. The summed E-state index contributed by atoms with van der Waals surface area (Å²) in [4.78, 5) is 11.2. The van der Waals surface area contributed by atoms with Crippen LogP contribution in [-0.2, 0) is 19.4 Å². The summed E-state index contributed by atoms with van der Waals surface area (Å²) in [6.07, 6.45) is -1.45. The van der Waals surface area contributed by atoms with Crippen LogP contribution in [0.15, 0.2) is 0 Å². The van der Waals surface area contributed by atoms with Crippen LogP contribution in [0.2, 0.25) is 0 Å². The number of carbonyl (C=O) groups excluding carboxylic acids is 1. The van der Waals surface area contributed by atoms with E-state index in [9.17, 15) is 26.4 Å². The van der Waals surface area contributed by atoms with Gasteiger partial charge in [0.15, 0.2) is 15.1 Å². The topological polar surface area (TPSA) is 60.4 Å². The van der Waals surface area contributed by atoms with E-state index in [1.54, 1.807) is 0 Å². The first-order valence-corrected chi connectivity index (χ1v) is 6.65. The van der Waals surface area contributed by atoms with Gasteiger partial charge < -0.3 is 4.74 Å². The van der Waals surface area contributed by atoms with Crippen molar-refractivity contribution in [3.05, 3.63) is 0 Å². The summed E-state index contributed by atoms with van der Waals surface area (Å²) in [5, 5.41) is -1.64. The maximum atomic E-state index is 12.0. The molecule has 0 saturated carbocycles. The number of carbonyl (C=O) groups is 1. The Hall–Kier alpha value is -1.23. The number of terminal acetylenes is 1. The Balaban J connectivity index is 4.87. The van der Waals surface area contributed by atoms with Gasteiger partial charge in [0.25, 0.3) is 0 Å². The zero-order chi connectivity index (χ0) is 14.4. The molecule has 0 rings (SSSR count). The molecule has 8 heteroatoms. The maximum Gasteiger partial charge on any atom is 0.390 e. The number of halogens is 3. The van der Waals surface area contributed by atoms with Crippen LogP contribution in [0, 0.1) is 12.3 Å². The van der Waals surface area contributed by atoms with Crippen LogP contribution in [-0.4, -0.2) is 38.7 Å². The quantitative estimate of drug-likeness (QED) is 0.545. The molecule has 0 aromatic heterocycles. The molecule has 0 aliphatic rings. The van der Waals surface area contributed by atoms with Crippen LogP contribution in [0.25, 0.3) is 0 Å². The van der Waals surface area contributed by atoms with Crippen LogP contribution in [0.4, 0.5) is 13.2 Å². The van der Waals surface area contributed by atoms with Crippen molar-refractivity contribution >= 4 is 15.8 Å². The Bertz CT molecular complexity index is 419. The molecule has 0 aliphatic heterocycles. The van der Waals surface area contributed by atoms with E-state index < -0.39 is 39.4 Å². The van der Waals surface area contributed by atoms with E-state index in [0.29, 0.717) is 0 Å². The van der Waals surface area contributed by atoms with E-state index >= 15 is 0 Å².